The van der Waals surface area contributed by atoms with Crippen LogP contribution in [0.3, 0.4) is 0 Å². The molecule has 0 heterocycles. The lowest BCUT2D eigenvalue weighted by Gasteiger charge is -2.05. The van der Waals surface area contributed by atoms with Crippen LogP contribution in [-0.2, 0) is 0 Å². The van der Waals surface area contributed by atoms with Crippen LogP contribution in [0.25, 0.3) is 11.1 Å². The van der Waals surface area contributed by atoms with Crippen molar-refractivity contribution in [3.8, 4) is 11.1 Å². The van der Waals surface area contributed by atoms with Crippen LogP contribution in [0.15, 0.2) is 42.5 Å². The van der Waals surface area contributed by atoms with E-state index in [-0.39, 0.29) is 22.4 Å². The van der Waals surface area contributed by atoms with Gasteiger partial charge in [0.05, 0.1) is 16.1 Å². The zero-order chi connectivity index (χ0) is 14.0. The number of hydrogen-bond acceptors (Lipinski definition) is 3. The largest absolute Gasteiger partial charge is 0.478 e. The van der Waals surface area contributed by atoms with Crippen molar-refractivity contribution in [2.45, 2.75) is 0 Å². The standard InChI is InChI=1S/C13H8FNO4/c14-10-6-8(5-9(7-10)13(16)17)11-3-1-2-4-12(11)15(18)19/h1-7H,(H,16,17). The predicted octanol–water partition coefficient (Wildman–Crippen LogP) is 3.10. The van der Waals surface area contributed by atoms with Gasteiger partial charge in [0.15, 0.2) is 0 Å². The van der Waals surface area contributed by atoms with E-state index in [1.807, 2.05) is 0 Å². The highest BCUT2D eigenvalue weighted by atomic mass is 19.1. The van der Waals surface area contributed by atoms with Crippen molar-refractivity contribution in [1.29, 1.82) is 0 Å². The minimum absolute atomic E-state index is 0.157. The van der Waals surface area contributed by atoms with Crippen molar-refractivity contribution < 1.29 is 19.2 Å². The average molecular weight is 261 g/mol. The molecule has 0 atom stereocenters. The lowest BCUT2D eigenvalue weighted by atomic mass is 10.0. The third-order valence-corrected chi connectivity index (χ3v) is 2.56. The van der Waals surface area contributed by atoms with Gasteiger partial charge in [-0.2, -0.15) is 0 Å². The molecule has 2 aromatic rings. The van der Waals surface area contributed by atoms with Crippen LogP contribution in [0.5, 0.6) is 0 Å². The molecule has 1 N–H and O–H groups in total. The molecule has 96 valence electrons. The number of rotatable bonds is 3. The Bertz CT molecular complexity index is 669. The number of carbonyl (C=O) groups is 1. The van der Waals surface area contributed by atoms with Gasteiger partial charge in [-0.1, -0.05) is 12.1 Å². The van der Waals surface area contributed by atoms with Crippen molar-refractivity contribution in [2.24, 2.45) is 0 Å². The smallest absolute Gasteiger partial charge is 0.335 e. The molecule has 0 amide bonds. The molecule has 6 heteroatoms. The number of halogens is 1. The SMILES string of the molecule is O=C(O)c1cc(F)cc(-c2ccccc2[N+](=O)[O-])c1. The van der Waals surface area contributed by atoms with Gasteiger partial charge in [-0.3, -0.25) is 10.1 Å². The number of carboxylic acid groups (broad SMARTS) is 1. The van der Waals surface area contributed by atoms with Crippen LogP contribution in [0, 0.1) is 15.9 Å². The highest BCUT2D eigenvalue weighted by Crippen LogP contribution is 2.30. The van der Waals surface area contributed by atoms with Crippen LogP contribution in [-0.4, -0.2) is 16.0 Å². The summed E-state index contributed by atoms with van der Waals surface area (Å²) in [5.74, 6) is -2.05. The number of nitro benzene ring substituents is 1. The summed E-state index contributed by atoms with van der Waals surface area (Å²) in [5, 5.41) is 19.8. The Morgan fingerprint density at radius 2 is 1.89 bits per heavy atom. The number of para-hydroxylation sites is 1. The highest BCUT2D eigenvalue weighted by Gasteiger charge is 2.16. The molecule has 0 unspecified atom stereocenters. The Morgan fingerprint density at radius 3 is 2.53 bits per heavy atom. The van der Waals surface area contributed by atoms with Gasteiger partial charge in [-0.15, -0.1) is 0 Å². The van der Waals surface area contributed by atoms with Crippen molar-refractivity contribution in [2.75, 3.05) is 0 Å². The number of aromatic carboxylic acids is 1. The first kappa shape index (κ1) is 12.7. The maximum absolute atomic E-state index is 13.4. The van der Waals surface area contributed by atoms with E-state index in [4.69, 9.17) is 5.11 Å². The second-order valence-electron chi connectivity index (χ2n) is 3.81. The fourth-order valence-corrected chi connectivity index (χ4v) is 1.75. The molecular weight excluding hydrogens is 253 g/mol. The molecule has 0 radical (unpaired) electrons. The molecule has 2 rings (SSSR count). The molecule has 19 heavy (non-hydrogen) atoms. The van der Waals surface area contributed by atoms with Crippen molar-refractivity contribution in [3.63, 3.8) is 0 Å². The van der Waals surface area contributed by atoms with Crippen molar-refractivity contribution in [3.05, 3.63) is 64.0 Å². The zero-order valence-electron chi connectivity index (χ0n) is 9.54. The van der Waals surface area contributed by atoms with Gasteiger partial charge in [0, 0.05) is 6.07 Å². The molecule has 0 spiro atoms. The van der Waals surface area contributed by atoms with Crippen LogP contribution >= 0.6 is 0 Å². The number of nitro groups is 1. The summed E-state index contributed by atoms with van der Waals surface area (Å²) in [6.07, 6.45) is 0. The van der Waals surface area contributed by atoms with E-state index in [0.717, 1.165) is 12.1 Å². The first-order chi connectivity index (χ1) is 8.99. The van der Waals surface area contributed by atoms with E-state index in [1.54, 1.807) is 6.07 Å². The summed E-state index contributed by atoms with van der Waals surface area (Å²) < 4.78 is 13.4. The Kier molecular flexibility index (Phi) is 3.24. The van der Waals surface area contributed by atoms with Crippen LogP contribution in [0.2, 0.25) is 0 Å². The van der Waals surface area contributed by atoms with Crippen LogP contribution in [0.4, 0.5) is 10.1 Å². The van der Waals surface area contributed by atoms with Gasteiger partial charge < -0.3 is 5.11 Å². The van der Waals surface area contributed by atoms with E-state index in [2.05, 4.69) is 0 Å². The molecule has 5 nitrogen and oxygen atoms in total. The van der Waals surface area contributed by atoms with Gasteiger partial charge >= 0.3 is 5.97 Å². The number of nitrogens with zero attached hydrogens (tertiary/aromatic N) is 1. The van der Waals surface area contributed by atoms with E-state index in [9.17, 15) is 19.3 Å². The Morgan fingerprint density at radius 1 is 1.21 bits per heavy atom. The lowest BCUT2D eigenvalue weighted by molar-refractivity contribution is -0.384. The Labute approximate surface area is 107 Å². The maximum atomic E-state index is 13.4. The maximum Gasteiger partial charge on any atom is 0.335 e. The second-order valence-corrected chi connectivity index (χ2v) is 3.81. The molecular formula is C13H8FNO4. The van der Waals surface area contributed by atoms with Gasteiger partial charge in [0.2, 0.25) is 0 Å². The first-order valence-corrected chi connectivity index (χ1v) is 5.26. The molecule has 0 saturated carbocycles. The molecule has 0 aliphatic heterocycles. The fraction of sp³-hybridized carbons (Fsp3) is 0. The average Bonchev–Trinajstić information content (AvgIpc) is 2.37. The predicted molar refractivity (Wildman–Crippen MR) is 65.4 cm³/mol. The molecule has 0 aromatic heterocycles. The van der Waals surface area contributed by atoms with Gasteiger partial charge in [0.1, 0.15) is 5.82 Å². The van der Waals surface area contributed by atoms with Gasteiger partial charge in [-0.25, -0.2) is 9.18 Å². The van der Waals surface area contributed by atoms with E-state index < -0.39 is 16.7 Å². The van der Waals surface area contributed by atoms with Crippen molar-refractivity contribution in [1.82, 2.24) is 0 Å². The van der Waals surface area contributed by atoms with Crippen LogP contribution in [0.1, 0.15) is 10.4 Å². The number of carboxylic acids is 1. The zero-order valence-corrected chi connectivity index (χ0v) is 9.54. The highest BCUT2D eigenvalue weighted by molar-refractivity contribution is 5.90. The minimum atomic E-state index is -1.29. The first-order valence-electron chi connectivity index (χ1n) is 5.26. The van der Waals surface area contributed by atoms with Gasteiger partial charge in [0.25, 0.3) is 5.69 Å². The molecule has 0 fully saturated rings. The molecule has 2 aromatic carbocycles. The summed E-state index contributed by atoms with van der Waals surface area (Å²) in [6, 6.07) is 8.90. The summed E-state index contributed by atoms with van der Waals surface area (Å²) in [6.45, 7) is 0. The molecule has 0 saturated heterocycles. The Balaban J connectivity index is 2.65. The monoisotopic (exact) mass is 261 g/mol. The second kappa shape index (κ2) is 4.85. The topological polar surface area (TPSA) is 80.4 Å². The fourth-order valence-electron chi connectivity index (χ4n) is 1.75. The van der Waals surface area contributed by atoms with E-state index >= 15 is 0 Å². The summed E-state index contributed by atoms with van der Waals surface area (Å²) in [4.78, 5) is 21.2. The quantitative estimate of drug-likeness (QED) is 0.680. The van der Waals surface area contributed by atoms with Crippen molar-refractivity contribution >= 4 is 11.7 Å². The van der Waals surface area contributed by atoms with E-state index in [1.165, 1.54) is 24.3 Å². The summed E-state index contributed by atoms with van der Waals surface area (Å²) in [5.41, 5.74) is -0.128. The number of hydrogen-bond donors (Lipinski definition) is 1. The molecule has 0 bridgehead atoms. The summed E-state index contributed by atoms with van der Waals surface area (Å²) >= 11 is 0. The lowest BCUT2D eigenvalue weighted by Crippen LogP contribution is -1.98. The molecule has 0 aliphatic carbocycles. The van der Waals surface area contributed by atoms with E-state index in [0.29, 0.717) is 0 Å². The van der Waals surface area contributed by atoms with Crippen LogP contribution < -0.4 is 0 Å². The third kappa shape index (κ3) is 2.57. The van der Waals surface area contributed by atoms with Gasteiger partial charge in [-0.05, 0) is 29.8 Å². The number of benzene rings is 2. The minimum Gasteiger partial charge on any atom is -0.478 e. The summed E-state index contributed by atoms with van der Waals surface area (Å²) in [7, 11) is 0. The third-order valence-electron chi connectivity index (χ3n) is 2.56. The Hall–Kier alpha value is -2.76. The normalized spacial score (nSPS) is 10.2. The molecule has 0 aliphatic rings.